The van der Waals surface area contributed by atoms with Crippen molar-refractivity contribution in [1.82, 2.24) is 4.72 Å². The van der Waals surface area contributed by atoms with Gasteiger partial charge >= 0.3 is 0 Å². The molecule has 1 N–H and O–H groups in total. The molecule has 1 heterocycles. The number of sulfonamides is 1. The molecule has 2 atom stereocenters. The molecule has 0 saturated carbocycles. The summed E-state index contributed by atoms with van der Waals surface area (Å²) < 4.78 is 61.6. The molecule has 1 fully saturated rings. The van der Waals surface area contributed by atoms with Crippen LogP contribution in [0.4, 0.5) is 4.39 Å². The van der Waals surface area contributed by atoms with Crippen LogP contribution in [0.3, 0.4) is 0 Å². The molecule has 0 aromatic heterocycles. The Morgan fingerprint density at radius 1 is 1.21 bits per heavy atom. The number of halogens is 2. The van der Waals surface area contributed by atoms with Gasteiger partial charge in [-0.25, -0.2) is 25.9 Å². The van der Waals surface area contributed by atoms with E-state index in [2.05, 4.69) is 4.72 Å². The summed E-state index contributed by atoms with van der Waals surface area (Å²) in [5.41, 5.74) is 0. The predicted molar refractivity (Wildman–Crippen MR) is 68.8 cm³/mol. The molecule has 1 aromatic carbocycles. The summed E-state index contributed by atoms with van der Waals surface area (Å²) in [6.07, 6.45) is 0. The Morgan fingerprint density at radius 3 is 2.26 bits per heavy atom. The first kappa shape index (κ1) is 14.7. The maximum atomic E-state index is 12.7. The fraction of sp³-hybridized carbons (Fsp3) is 0.400. The van der Waals surface area contributed by atoms with Gasteiger partial charge in [-0.05, 0) is 24.3 Å². The third-order valence-corrected chi connectivity index (χ3v) is 6.59. The first-order chi connectivity index (χ1) is 8.70. The van der Waals surface area contributed by atoms with Crippen molar-refractivity contribution in [2.24, 2.45) is 0 Å². The van der Waals surface area contributed by atoms with Crippen LogP contribution in [0.2, 0.25) is 0 Å². The number of sulfone groups is 1. The standard InChI is InChI=1S/C10H11ClFNO4S2/c11-9-5-18(14,15)6-10(9)13-19(16,17)8-3-1-7(12)2-4-8/h1-4,9-10,13H,5-6H2/t9-,10-/m0/s1. The Bertz CT molecular complexity index is 672. The van der Waals surface area contributed by atoms with Crippen LogP contribution in [0.15, 0.2) is 29.2 Å². The molecule has 0 bridgehead atoms. The Morgan fingerprint density at radius 2 is 1.79 bits per heavy atom. The van der Waals surface area contributed by atoms with Crippen LogP contribution in [-0.4, -0.2) is 39.8 Å². The van der Waals surface area contributed by atoms with E-state index in [9.17, 15) is 21.2 Å². The summed E-state index contributed by atoms with van der Waals surface area (Å²) >= 11 is 5.82. The van der Waals surface area contributed by atoms with Gasteiger partial charge in [0.05, 0.1) is 27.8 Å². The van der Waals surface area contributed by atoms with Gasteiger partial charge in [-0.1, -0.05) is 0 Å². The van der Waals surface area contributed by atoms with Crippen molar-refractivity contribution < 1.29 is 21.2 Å². The molecule has 2 rings (SSSR count). The minimum atomic E-state index is -3.91. The Kier molecular flexibility index (Phi) is 3.87. The molecule has 1 aliphatic heterocycles. The summed E-state index contributed by atoms with van der Waals surface area (Å²) in [5, 5.41) is -0.805. The summed E-state index contributed by atoms with van der Waals surface area (Å²) in [6, 6.07) is 3.35. The Labute approximate surface area is 115 Å². The molecule has 5 nitrogen and oxygen atoms in total. The number of rotatable bonds is 3. The van der Waals surface area contributed by atoms with Crippen molar-refractivity contribution in [3.05, 3.63) is 30.1 Å². The third kappa shape index (κ3) is 3.44. The summed E-state index contributed by atoms with van der Waals surface area (Å²) in [7, 11) is -7.23. The predicted octanol–water partition coefficient (Wildman–Crippen LogP) is 0.508. The van der Waals surface area contributed by atoms with E-state index in [1.54, 1.807) is 0 Å². The molecule has 9 heteroatoms. The first-order valence-corrected chi connectivity index (χ1v) is 9.06. The molecule has 106 valence electrons. The smallest absolute Gasteiger partial charge is 0.229 e. The van der Waals surface area contributed by atoms with Crippen molar-refractivity contribution in [3.8, 4) is 0 Å². The minimum absolute atomic E-state index is 0.137. The van der Waals surface area contributed by atoms with E-state index in [1.165, 1.54) is 0 Å². The second kappa shape index (κ2) is 5.01. The van der Waals surface area contributed by atoms with Gasteiger partial charge < -0.3 is 0 Å². The van der Waals surface area contributed by atoms with Crippen molar-refractivity contribution in [3.63, 3.8) is 0 Å². The Hall–Kier alpha value is -0.700. The molecular weight excluding hydrogens is 317 g/mol. The van der Waals surface area contributed by atoms with Crippen molar-refractivity contribution in [2.75, 3.05) is 11.5 Å². The number of benzene rings is 1. The monoisotopic (exact) mass is 327 g/mol. The van der Waals surface area contributed by atoms with Crippen LogP contribution in [0.25, 0.3) is 0 Å². The van der Waals surface area contributed by atoms with Crippen molar-refractivity contribution >= 4 is 31.5 Å². The van der Waals surface area contributed by atoms with Crippen LogP contribution >= 0.6 is 11.6 Å². The van der Waals surface area contributed by atoms with Crippen molar-refractivity contribution in [2.45, 2.75) is 16.3 Å². The zero-order valence-electron chi connectivity index (χ0n) is 9.58. The maximum absolute atomic E-state index is 12.7. The molecule has 1 aliphatic rings. The van der Waals surface area contributed by atoms with E-state index in [0.29, 0.717) is 0 Å². The van der Waals surface area contributed by atoms with Gasteiger partial charge in [-0.15, -0.1) is 11.6 Å². The highest BCUT2D eigenvalue weighted by atomic mass is 35.5. The molecule has 19 heavy (non-hydrogen) atoms. The van der Waals surface area contributed by atoms with Gasteiger partial charge in [0, 0.05) is 0 Å². The van der Waals surface area contributed by atoms with E-state index < -0.39 is 37.1 Å². The maximum Gasteiger partial charge on any atom is 0.240 e. The van der Waals surface area contributed by atoms with Crippen LogP contribution in [-0.2, 0) is 19.9 Å². The fourth-order valence-electron chi connectivity index (χ4n) is 1.79. The van der Waals surface area contributed by atoms with E-state index in [1.807, 2.05) is 0 Å². The highest BCUT2D eigenvalue weighted by molar-refractivity contribution is 7.92. The van der Waals surface area contributed by atoms with E-state index >= 15 is 0 Å². The van der Waals surface area contributed by atoms with Crippen LogP contribution < -0.4 is 4.72 Å². The van der Waals surface area contributed by atoms with Gasteiger partial charge in [0.15, 0.2) is 9.84 Å². The lowest BCUT2D eigenvalue weighted by atomic mass is 10.3. The normalized spacial score (nSPS) is 26.4. The summed E-state index contributed by atoms with van der Waals surface area (Å²) in [4.78, 5) is -0.137. The van der Waals surface area contributed by atoms with Crippen molar-refractivity contribution in [1.29, 1.82) is 0 Å². The second-order valence-corrected chi connectivity index (χ2v) is 8.70. The molecule has 0 aliphatic carbocycles. The average molecular weight is 328 g/mol. The molecule has 0 amide bonds. The number of nitrogens with one attached hydrogen (secondary N) is 1. The summed E-state index contributed by atoms with van der Waals surface area (Å²) in [5.74, 6) is -1.15. The van der Waals surface area contributed by atoms with E-state index in [0.717, 1.165) is 24.3 Å². The van der Waals surface area contributed by atoms with Gasteiger partial charge in [0.1, 0.15) is 5.82 Å². The largest absolute Gasteiger partial charge is 0.240 e. The van der Waals surface area contributed by atoms with Crippen LogP contribution in [0.5, 0.6) is 0 Å². The SMILES string of the molecule is O=S1(=O)C[C@H](NS(=O)(=O)c2ccc(F)cc2)[C@@H](Cl)C1. The second-order valence-electron chi connectivity index (χ2n) is 4.27. The quantitative estimate of drug-likeness (QED) is 0.820. The highest BCUT2D eigenvalue weighted by Crippen LogP contribution is 2.20. The molecule has 0 radical (unpaired) electrons. The zero-order chi connectivity index (χ0) is 14.3. The topological polar surface area (TPSA) is 80.3 Å². The van der Waals surface area contributed by atoms with E-state index in [-0.39, 0.29) is 16.4 Å². The number of alkyl halides is 1. The average Bonchev–Trinajstić information content (AvgIpc) is 2.51. The fourth-order valence-corrected chi connectivity index (χ4v) is 5.80. The van der Waals surface area contributed by atoms with Gasteiger partial charge in [-0.2, -0.15) is 0 Å². The first-order valence-electron chi connectivity index (χ1n) is 5.32. The summed E-state index contributed by atoms with van der Waals surface area (Å²) in [6.45, 7) is 0. The zero-order valence-corrected chi connectivity index (χ0v) is 12.0. The van der Waals surface area contributed by atoms with Crippen LogP contribution in [0, 0.1) is 5.82 Å². The molecule has 1 aromatic rings. The highest BCUT2D eigenvalue weighted by Gasteiger charge is 2.38. The Balaban J connectivity index is 2.21. The molecule has 0 unspecified atom stereocenters. The van der Waals surface area contributed by atoms with Gasteiger partial charge in [0.2, 0.25) is 10.0 Å². The number of hydrogen-bond acceptors (Lipinski definition) is 4. The lowest BCUT2D eigenvalue weighted by molar-refractivity contribution is 0.563. The third-order valence-electron chi connectivity index (χ3n) is 2.71. The van der Waals surface area contributed by atoms with Gasteiger partial charge in [-0.3, -0.25) is 0 Å². The van der Waals surface area contributed by atoms with E-state index in [4.69, 9.17) is 11.6 Å². The molecule has 0 spiro atoms. The van der Waals surface area contributed by atoms with Gasteiger partial charge in [0.25, 0.3) is 0 Å². The molecule has 1 saturated heterocycles. The van der Waals surface area contributed by atoms with Crippen LogP contribution in [0.1, 0.15) is 0 Å². The minimum Gasteiger partial charge on any atom is -0.229 e. The lowest BCUT2D eigenvalue weighted by Gasteiger charge is -2.14. The number of hydrogen-bond donors (Lipinski definition) is 1. The lowest BCUT2D eigenvalue weighted by Crippen LogP contribution is -2.40. The molecular formula is C10H11ClFNO4S2.